The van der Waals surface area contributed by atoms with E-state index in [1.54, 1.807) is 26.0 Å². The van der Waals surface area contributed by atoms with E-state index in [2.05, 4.69) is 10.3 Å². The summed E-state index contributed by atoms with van der Waals surface area (Å²) in [5.41, 5.74) is 0.623. The van der Waals surface area contributed by atoms with Crippen LogP contribution in [-0.4, -0.2) is 62.2 Å². The number of benzene rings is 2. The number of H-pyrrole nitrogens is 1. The van der Waals surface area contributed by atoms with Gasteiger partial charge in [0, 0.05) is 36.6 Å². The van der Waals surface area contributed by atoms with Crippen LogP contribution in [0.25, 0.3) is 10.9 Å². The number of likely N-dealkylation sites (N-methyl/N-ethyl adjacent to an activating group) is 1. The van der Waals surface area contributed by atoms with E-state index in [4.69, 9.17) is 0 Å². The number of pyridine rings is 1. The highest BCUT2D eigenvalue weighted by molar-refractivity contribution is 7.89. The smallest absolute Gasteiger partial charge is 0.252 e. The number of carbonyl (C=O) groups is 1. The van der Waals surface area contributed by atoms with E-state index in [1.807, 2.05) is 19.0 Å². The van der Waals surface area contributed by atoms with Gasteiger partial charge in [0.05, 0.1) is 16.5 Å². The minimum absolute atomic E-state index is 0.0377. The molecule has 0 bridgehead atoms. The quantitative estimate of drug-likeness (QED) is 0.482. The minimum atomic E-state index is -3.75. The van der Waals surface area contributed by atoms with Gasteiger partial charge < -0.3 is 15.2 Å². The Balaban J connectivity index is 1.98. The molecule has 3 rings (SSSR count). The van der Waals surface area contributed by atoms with Gasteiger partial charge in [0.2, 0.25) is 15.6 Å². The number of rotatable bonds is 9. The zero-order chi connectivity index (χ0) is 25.0. The van der Waals surface area contributed by atoms with Gasteiger partial charge in [-0.15, -0.1) is 0 Å². The molecule has 10 heteroatoms. The van der Waals surface area contributed by atoms with Crippen molar-refractivity contribution < 1.29 is 17.6 Å². The Morgan fingerprint density at radius 1 is 1.09 bits per heavy atom. The highest BCUT2D eigenvalue weighted by Gasteiger charge is 2.23. The molecular formula is C24H29FN4O4S. The number of aromatic amines is 1. The Bertz CT molecular complexity index is 1350. The van der Waals surface area contributed by atoms with E-state index in [1.165, 1.54) is 34.6 Å². The molecule has 2 N–H and O–H groups in total. The number of nitrogens with zero attached hydrogens (tertiary/aromatic N) is 2. The van der Waals surface area contributed by atoms with Crippen LogP contribution in [0.1, 0.15) is 35.8 Å². The van der Waals surface area contributed by atoms with Crippen LogP contribution >= 0.6 is 0 Å². The van der Waals surface area contributed by atoms with Gasteiger partial charge in [-0.3, -0.25) is 9.59 Å². The standard InChI is InChI=1S/C24H29FN4O4S/c1-5-29(6-2)34(32,33)18-10-11-21-19(13-18)20(14-23(30)27-21)24(31)26-15-22(28(3)4)16-8-7-9-17(25)12-16/h7-14,22H,5-6,15H2,1-4H3,(H,26,31)(H,27,30)/t22-/m0/s1. The summed E-state index contributed by atoms with van der Waals surface area (Å²) in [5, 5.41) is 3.12. The van der Waals surface area contributed by atoms with Crippen molar-refractivity contribution in [1.82, 2.24) is 19.5 Å². The third-order valence-electron chi connectivity index (χ3n) is 5.72. The molecule has 34 heavy (non-hydrogen) atoms. The number of nitrogens with one attached hydrogen (secondary N) is 2. The summed E-state index contributed by atoms with van der Waals surface area (Å²) in [6.07, 6.45) is 0. The number of hydrogen-bond acceptors (Lipinski definition) is 5. The third-order valence-corrected chi connectivity index (χ3v) is 7.76. The maximum atomic E-state index is 13.7. The zero-order valence-electron chi connectivity index (χ0n) is 19.6. The lowest BCUT2D eigenvalue weighted by molar-refractivity contribution is 0.0943. The molecule has 0 aliphatic carbocycles. The number of amides is 1. The van der Waals surface area contributed by atoms with Gasteiger partial charge in [0.1, 0.15) is 5.82 Å². The predicted octanol–water partition coefficient (Wildman–Crippen LogP) is 2.73. The molecule has 182 valence electrons. The van der Waals surface area contributed by atoms with Crippen molar-refractivity contribution in [3.05, 3.63) is 75.8 Å². The second kappa shape index (κ2) is 10.5. The second-order valence-corrected chi connectivity index (χ2v) is 10.0. The highest BCUT2D eigenvalue weighted by atomic mass is 32.2. The summed E-state index contributed by atoms with van der Waals surface area (Å²) >= 11 is 0. The first-order valence-corrected chi connectivity index (χ1v) is 12.4. The Morgan fingerprint density at radius 2 is 1.79 bits per heavy atom. The normalized spacial score (nSPS) is 12.9. The molecule has 0 radical (unpaired) electrons. The predicted molar refractivity (Wildman–Crippen MR) is 130 cm³/mol. The number of fused-ring (bicyclic) bond motifs is 1. The lowest BCUT2D eigenvalue weighted by Gasteiger charge is -2.25. The molecule has 0 saturated carbocycles. The molecule has 0 aliphatic rings. The van der Waals surface area contributed by atoms with Crippen molar-refractivity contribution in [3.8, 4) is 0 Å². The van der Waals surface area contributed by atoms with Gasteiger partial charge in [-0.25, -0.2) is 12.8 Å². The number of carbonyl (C=O) groups excluding carboxylic acids is 1. The molecule has 0 fully saturated rings. The van der Waals surface area contributed by atoms with Gasteiger partial charge in [-0.05, 0) is 50.0 Å². The van der Waals surface area contributed by atoms with Crippen LogP contribution in [0.15, 0.2) is 58.2 Å². The molecule has 1 heterocycles. The zero-order valence-corrected chi connectivity index (χ0v) is 20.4. The molecule has 2 aromatic carbocycles. The maximum absolute atomic E-state index is 13.7. The molecule has 3 aromatic rings. The molecule has 1 atom stereocenters. The van der Waals surface area contributed by atoms with E-state index in [0.717, 1.165) is 6.07 Å². The van der Waals surface area contributed by atoms with Crippen molar-refractivity contribution in [2.24, 2.45) is 0 Å². The lowest BCUT2D eigenvalue weighted by atomic mass is 10.0. The molecule has 1 aromatic heterocycles. The fourth-order valence-electron chi connectivity index (χ4n) is 3.89. The van der Waals surface area contributed by atoms with Crippen LogP contribution in [-0.2, 0) is 10.0 Å². The van der Waals surface area contributed by atoms with Crippen LogP contribution in [0, 0.1) is 5.82 Å². The Morgan fingerprint density at radius 3 is 2.41 bits per heavy atom. The van der Waals surface area contributed by atoms with Crippen molar-refractivity contribution in [3.63, 3.8) is 0 Å². The molecule has 8 nitrogen and oxygen atoms in total. The molecular weight excluding hydrogens is 459 g/mol. The SMILES string of the molecule is CCN(CC)S(=O)(=O)c1ccc2[nH]c(=O)cc(C(=O)NC[C@@H](c3cccc(F)c3)N(C)C)c2c1. The Labute approximate surface area is 198 Å². The van der Waals surface area contributed by atoms with Gasteiger partial charge in [-0.2, -0.15) is 4.31 Å². The minimum Gasteiger partial charge on any atom is -0.350 e. The first kappa shape index (κ1) is 25.5. The topological polar surface area (TPSA) is 103 Å². The summed E-state index contributed by atoms with van der Waals surface area (Å²) in [6, 6.07) is 11.3. The molecule has 0 spiro atoms. The van der Waals surface area contributed by atoms with E-state index in [-0.39, 0.29) is 28.9 Å². The average molecular weight is 489 g/mol. The number of halogens is 1. The molecule has 0 aliphatic heterocycles. The van der Waals surface area contributed by atoms with E-state index in [9.17, 15) is 22.4 Å². The lowest BCUT2D eigenvalue weighted by Crippen LogP contribution is -2.35. The van der Waals surface area contributed by atoms with Gasteiger partial charge >= 0.3 is 0 Å². The van der Waals surface area contributed by atoms with Crippen molar-refractivity contribution in [2.75, 3.05) is 33.7 Å². The Hall–Kier alpha value is -3.08. The third kappa shape index (κ3) is 5.35. The summed E-state index contributed by atoms with van der Waals surface area (Å²) in [7, 11) is -0.127. The molecule has 0 saturated heterocycles. The molecule has 0 unspecified atom stereocenters. The fraction of sp³-hybridized carbons (Fsp3) is 0.333. The highest BCUT2D eigenvalue weighted by Crippen LogP contribution is 2.23. The monoisotopic (exact) mass is 488 g/mol. The second-order valence-electron chi connectivity index (χ2n) is 8.09. The van der Waals surface area contributed by atoms with Crippen LogP contribution < -0.4 is 10.9 Å². The fourth-order valence-corrected chi connectivity index (χ4v) is 5.38. The largest absolute Gasteiger partial charge is 0.350 e. The first-order valence-electron chi connectivity index (χ1n) is 11.0. The Kier molecular flexibility index (Phi) is 7.86. The number of sulfonamides is 1. The van der Waals surface area contributed by atoms with E-state index < -0.39 is 21.5 Å². The van der Waals surface area contributed by atoms with Gasteiger partial charge in [-0.1, -0.05) is 26.0 Å². The van der Waals surface area contributed by atoms with Crippen molar-refractivity contribution in [1.29, 1.82) is 0 Å². The maximum Gasteiger partial charge on any atom is 0.252 e. The van der Waals surface area contributed by atoms with Gasteiger partial charge in [0.25, 0.3) is 5.91 Å². The van der Waals surface area contributed by atoms with Crippen molar-refractivity contribution >= 4 is 26.8 Å². The number of aromatic nitrogens is 1. The van der Waals surface area contributed by atoms with Crippen LogP contribution in [0.3, 0.4) is 0 Å². The van der Waals surface area contributed by atoms with Crippen LogP contribution in [0.5, 0.6) is 0 Å². The van der Waals surface area contributed by atoms with Crippen molar-refractivity contribution in [2.45, 2.75) is 24.8 Å². The average Bonchev–Trinajstić information content (AvgIpc) is 2.78. The van der Waals surface area contributed by atoms with Crippen LogP contribution in [0.4, 0.5) is 4.39 Å². The summed E-state index contributed by atoms with van der Waals surface area (Å²) in [4.78, 5) is 29.8. The first-order chi connectivity index (χ1) is 16.1. The number of hydrogen-bond donors (Lipinski definition) is 2. The summed E-state index contributed by atoms with van der Waals surface area (Å²) < 4.78 is 41.0. The van der Waals surface area contributed by atoms with E-state index >= 15 is 0 Å². The van der Waals surface area contributed by atoms with Crippen LogP contribution in [0.2, 0.25) is 0 Å². The van der Waals surface area contributed by atoms with Gasteiger partial charge in [0.15, 0.2) is 0 Å². The molecule has 1 amide bonds. The summed E-state index contributed by atoms with van der Waals surface area (Å²) in [6.45, 7) is 4.27. The van der Waals surface area contributed by atoms with E-state index in [0.29, 0.717) is 29.6 Å². The summed E-state index contributed by atoms with van der Waals surface area (Å²) in [5.74, 6) is -0.907.